The van der Waals surface area contributed by atoms with Gasteiger partial charge in [-0.1, -0.05) is 0 Å². The van der Waals surface area contributed by atoms with Crippen LogP contribution in [0.15, 0.2) is 23.7 Å². The van der Waals surface area contributed by atoms with E-state index in [4.69, 9.17) is 20.4 Å². The largest absolute Gasteiger partial charge is 0.512 e. The zero-order valence-corrected chi connectivity index (χ0v) is 19.2. The van der Waals surface area contributed by atoms with Crippen molar-refractivity contribution in [1.82, 2.24) is 0 Å². The van der Waals surface area contributed by atoms with Gasteiger partial charge in [-0.3, -0.25) is 0 Å². The number of hydrogen-bond donors (Lipinski definition) is 4. The molecule has 0 spiro atoms. The van der Waals surface area contributed by atoms with Gasteiger partial charge >= 0.3 is 11.9 Å². The van der Waals surface area contributed by atoms with Gasteiger partial charge in [0.25, 0.3) is 0 Å². The fourth-order valence-corrected chi connectivity index (χ4v) is 0.709. The van der Waals surface area contributed by atoms with E-state index < -0.39 is 11.9 Å². The van der Waals surface area contributed by atoms with Gasteiger partial charge in [0, 0.05) is 33.9 Å². The molecule has 0 heterocycles. The molecule has 0 atom stereocenters. The zero-order valence-electron chi connectivity index (χ0n) is 17.6. The van der Waals surface area contributed by atoms with Crippen LogP contribution < -0.4 is 0 Å². The van der Waals surface area contributed by atoms with Crippen LogP contribution in [0, 0.1) is 0 Å². The van der Waals surface area contributed by atoms with Gasteiger partial charge in [-0.25, -0.2) is 9.59 Å². The van der Waals surface area contributed by atoms with E-state index in [1.165, 1.54) is 13.8 Å². The second-order valence-corrected chi connectivity index (χ2v) is 5.26. The third-order valence-electron chi connectivity index (χ3n) is 1.23. The van der Waals surface area contributed by atoms with E-state index in [0.717, 1.165) is 12.2 Å². The molecule has 0 amide bonds. The predicted octanol–water partition coefficient (Wildman–Crippen LogP) is 2.79. The van der Waals surface area contributed by atoms with Gasteiger partial charge in [0.15, 0.2) is 0 Å². The predicted molar refractivity (Wildman–Crippen MR) is 101 cm³/mol. The minimum absolute atomic E-state index is 0. The molecule has 0 unspecified atom stereocenters. The first-order valence-electron chi connectivity index (χ1n) is 8.24. The molecule has 0 aliphatic carbocycles. The fourth-order valence-electron chi connectivity index (χ4n) is 0.709. The number of aliphatic hydroxyl groups excluding tert-OH is 4. The third-order valence-corrected chi connectivity index (χ3v) is 1.23. The standard InChI is InChI=1S/2C6H10O3.2C3H8O.Ti/c2*1-3-9-6(8)4-5(2)7;2*1-3(2)4;/h2*4,7H,3H2,1-2H3;2*3-4H,1-2H3;/b2*5-4+;;;. The quantitative estimate of drug-likeness (QED) is 0.233. The molecule has 0 radical (unpaired) electrons. The number of allylic oxidation sites excluding steroid dienone is 2. The number of hydrogen-bond acceptors (Lipinski definition) is 8. The van der Waals surface area contributed by atoms with E-state index in [2.05, 4.69) is 9.47 Å². The summed E-state index contributed by atoms with van der Waals surface area (Å²) in [7, 11) is 0. The summed E-state index contributed by atoms with van der Waals surface area (Å²) >= 11 is 0. The summed E-state index contributed by atoms with van der Waals surface area (Å²) in [4.78, 5) is 20.8. The van der Waals surface area contributed by atoms with Gasteiger partial charge < -0.3 is 29.9 Å². The van der Waals surface area contributed by atoms with Crippen LogP contribution in [0.5, 0.6) is 0 Å². The maximum atomic E-state index is 10.4. The Balaban J connectivity index is -0.0000000843. The molecule has 8 nitrogen and oxygen atoms in total. The minimum atomic E-state index is -0.502. The molecule has 0 aromatic rings. The SMILES string of the molecule is CC(C)O.CC(C)O.CCOC(=O)/C=C(\C)O.CCOC(=O)/C=C(\C)O.[Ti]. The summed E-state index contributed by atoms with van der Waals surface area (Å²) in [5, 5.41) is 33.1. The first kappa shape index (κ1) is 36.6. The molecule has 0 saturated carbocycles. The van der Waals surface area contributed by atoms with Crippen LogP contribution in [0.4, 0.5) is 0 Å². The topological polar surface area (TPSA) is 134 Å². The molecular formula is C18H36O8Ti. The average molecular weight is 428 g/mol. The molecule has 0 aromatic heterocycles. The van der Waals surface area contributed by atoms with Crippen LogP contribution in [-0.2, 0) is 40.8 Å². The molecular weight excluding hydrogens is 392 g/mol. The summed E-state index contributed by atoms with van der Waals surface area (Å²) in [6, 6.07) is 0. The monoisotopic (exact) mass is 428 g/mol. The Kier molecular flexibility index (Phi) is 36.4. The van der Waals surface area contributed by atoms with Gasteiger partial charge in [-0.05, 0) is 55.4 Å². The third kappa shape index (κ3) is 79.0. The first-order chi connectivity index (χ1) is 11.8. The van der Waals surface area contributed by atoms with Crippen molar-refractivity contribution in [2.75, 3.05) is 13.2 Å². The molecule has 0 aliphatic heterocycles. The average Bonchev–Trinajstić information content (AvgIpc) is 2.36. The van der Waals surface area contributed by atoms with Crippen molar-refractivity contribution in [1.29, 1.82) is 0 Å². The summed E-state index contributed by atoms with van der Waals surface area (Å²) in [5.41, 5.74) is 0. The van der Waals surface area contributed by atoms with E-state index in [0.29, 0.717) is 13.2 Å². The summed E-state index contributed by atoms with van der Waals surface area (Å²) in [6.45, 7) is 13.8. The Hall–Kier alpha value is -1.35. The summed E-state index contributed by atoms with van der Waals surface area (Å²) < 4.78 is 8.95. The number of rotatable bonds is 4. The van der Waals surface area contributed by atoms with Crippen molar-refractivity contribution in [3.8, 4) is 0 Å². The van der Waals surface area contributed by atoms with Crippen LogP contribution in [0.1, 0.15) is 55.4 Å². The van der Waals surface area contributed by atoms with E-state index in [-0.39, 0.29) is 45.4 Å². The second kappa shape index (κ2) is 26.9. The van der Waals surface area contributed by atoms with Crippen LogP contribution in [0.2, 0.25) is 0 Å². The molecule has 4 N–H and O–H groups in total. The Bertz CT molecular complexity index is 353. The van der Waals surface area contributed by atoms with E-state index in [9.17, 15) is 9.59 Å². The van der Waals surface area contributed by atoms with Gasteiger partial charge in [0.1, 0.15) is 0 Å². The van der Waals surface area contributed by atoms with Crippen molar-refractivity contribution in [2.24, 2.45) is 0 Å². The number of ether oxygens (including phenoxy) is 2. The molecule has 160 valence electrons. The molecule has 0 aromatic carbocycles. The Morgan fingerprint density at radius 2 is 0.963 bits per heavy atom. The fraction of sp³-hybridized carbons (Fsp3) is 0.667. The van der Waals surface area contributed by atoms with Crippen molar-refractivity contribution in [3.63, 3.8) is 0 Å². The van der Waals surface area contributed by atoms with Gasteiger partial charge in [0.05, 0.1) is 36.9 Å². The minimum Gasteiger partial charge on any atom is -0.512 e. The van der Waals surface area contributed by atoms with Crippen LogP contribution in [-0.4, -0.2) is 57.8 Å². The number of aliphatic hydroxyl groups is 4. The van der Waals surface area contributed by atoms with Crippen molar-refractivity contribution in [3.05, 3.63) is 23.7 Å². The molecule has 27 heavy (non-hydrogen) atoms. The molecule has 0 saturated heterocycles. The Morgan fingerprint density at radius 3 is 1.07 bits per heavy atom. The van der Waals surface area contributed by atoms with Gasteiger partial charge in [-0.2, -0.15) is 0 Å². The molecule has 9 heteroatoms. The maximum absolute atomic E-state index is 10.4. The smallest absolute Gasteiger partial charge is 0.334 e. The molecule has 0 bridgehead atoms. The van der Waals surface area contributed by atoms with Crippen LogP contribution in [0.3, 0.4) is 0 Å². The molecule has 0 aliphatic rings. The molecule has 0 fully saturated rings. The summed E-state index contributed by atoms with van der Waals surface area (Å²) in [5.74, 6) is -1.07. The maximum Gasteiger partial charge on any atom is 0.334 e. The van der Waals surface area contributed by atoms with Crippen molar-refractivity contribution in [2.45, 2.75) is 67.6 Å². The molecule has 0 rings (SSSR count). The number of carbonyl (C=O) groups excluding carboxylic acids is 2. The first-order valence-corrected chi connectivity index (χ1v) is 8.24. The van der Waals surface area contributed by atoms with E-state index >= 15 is 0 Å². The van der Waals surface area contributed by atoms with Crippen LogP contribution in [0.25, 0.3) is 0 Å². The van der Waals surface area contributed by atoms with E-state index in [1.54, 1.807) is 41.5 Å². The van der Waals surface area contributed by atoms with Crippen molar-refractivity contribution >= 4 is 11.9 Å². The van der Waals surface area contributed by atoms with E-state index in [1.807, 2.05) is 0 Å². The zero-order chi connectivity index (χ0) is 21.7. The second-order valence-electron chi connectivity index (χ2n) is 5.26. The normalized spacial score (nSPS) is 10.1. The van der Waals surface area contributed by atoms with Gasteiger partial charge in [-0.15, -0.1) is 0 Å². The van der Waals surface area contributed by atoms with Crippen molar-refractivity contribution < 1.29 is 61.2 Å². The Labute approximate surface area is 177 Å². The number of esters is 2. The summed E-state index contributed by atoms with van der Waals surface area (Å²) in [6.07, 6.45) is 1.73. The van der Waals surface area contributed by atoms with Gasteiger partial charge in [0.2, 0.25) is 0 Å². The number of carbonyl (C=O) groups is 2. The Morgan fingerprint density at radius 1 is 0.778 bits per heavy atom. The van der Waals surface area contributed by atoms with Crippen LogP contribution >= 0.6 is 0 Å².